The maximum absolute atomic E-state index is 12.4. The Hall–Kier alpha value is -2.06. The van der Waals surface area contributed by atoms with E-state index in [0.29, 0.717) is 15.8 Å². The van der Waals surface area contributed by atoms with Crippen LogP contribution in [0.3, 0.4) is 0 Å². The molecule has 0 spiro atoms. The molecule has 1 fully saturated rings. The zero-order valence-electron chi connectivity index (χ0n) is 17.5. The highest BCUT2D eigenvalue weighted by atomic mass is 35.5. The van der Waals surface area contributed by atoms with Crippen LogP contribution in [0.4, 0.5) is 11.4 Å². The van der Waals surface area contributed by atoms with E-state index in [1.807, 2.05) is 12.1 Å². The molecule has 0 saturated carbocycles. The number of benzene rings is 2. The van der Waals surface area contributed by atoms with Gasteiger partial charge in [0.05, 0.1) is 5.02 Å². The molecule has 1 saturated heterocycles. The Kier molecular flexibility index (Phi) is 8.37. The monoisotopic (exact) mass is 480 g/mol. The number of ether oxygens (including phenoxy) is 1. The molecular formula is C22H26Cl2N4O2S. The molecular weight excluding hydrogens is 455 g/mol. The molecule has 0 bridgehead atoms. The predicted octanol–water partition coefficient (Wildman–Crippen LogP) is 4.42. The quantitative estimate of drug-likeness (QED) is 0.596. The van der Waals surface area contributed by atoms with Gasteiger partial charge < -0.3 is 19.9 Å². The van der Waals surface area contributed by atoms with Crippen molar-refractivity contribution >= 4 is 57.8 Å². The lowest BCUT2D eigenvalue weighted by atomic mass is 10.2. The Morgan fingerprint density at radius 3 is 2.42 bits per heavy atom. The van der Waals surface area contributed by atoms with E-state index in [-0.39, 0.29) is 11.0 Å². The zero-order valence-corrected chi connectivity index (χ0v) is 19.9. The van der Waals surface area contributed by atoms with E-state index < -0.39 is 6.10 Å². The SMILES string of the molecule is CCN1CCN(c2ccc(NC(=S)NC(=O)C(C)Oc3ccc(Cl)cc3Cl)cc2)CC1. The molecule has 3 rings (SSSR count). The van der Waals surface area contributed by atoms with Gasteiger partial charge in [-0.3, -0.25) is 10.1 Å². The second-order valence-corrected chi connectivity index (χ2v) is 8.50. The number of nitrogens with one attached hydrogen (secondary N) is 2. The van der Waals surface area contributed by atoms with Crippen LogP contribution in [0.15, 0.2) is 42.5 Å². The minimum Gasteiger partial charge on any atom is -0.479 e. The molecule has 1 amide bonds. The van der Waals surface area contributed by atoms with E-state index in [1.165, 1.54) is 5.69 Å². The maximum Gasteiger partial charge on any atom is 0.266 e. The van der Waals surface area contributed by atoms with E-state index in [4.69, 9.17) is 40.2 Å². The van der Waals surface area contributed by atoms with Crippen molar-refractivity contribution in [2.75, 3.05) is 42.9 Å². The standard InChI is InChI=1S/C22H26Cl2N4O2S/c1-3-27-10-12-28(13-11-27)18-7-5-17(6-8-18)25-22(31)26-21(29)15(2)30-20-9-4-16(23)14-19(20)24/h4-9,14-15H,3,10-13H2,1-2H3,(H2,25,26,29,31). The number of anilines is 2. The highest BCUT2D eigenvalue weighted by Gasteiger charge is 2.18. The summed E-state index contributed by atoms with van der Waals surface area (Å²) in [7, 11) is 0. The number of piperazine rings is 1. The second kappa shape index (κ2) is 11.0. The molecule has 1 unspecified atom stereocenters. The van der Waals surface area contributed by atoms with Crippen molar-refractivity contribution in [1.82, 2.24) is 10.2 Å². The van der Waals surface area contributed by atoms with Gasteiger partial charge >= 0.3 is 0 Å². The van der Waals surface area contributed by atoms with Gasteiger partial charge in [-0.2, -0.15) is 0 Å². The van der Waals surface area contributed by atoms with Crippen molar-refractivity contribution < 1.29 is 9.53 Å². The number of carbonyl (C=O) groups is 1. The molecule has 1 aliphatic rings. The fourth-order valence-electron chi connectivity index (χ4n) is 3.27. The molecule has 1 atom stereocenters. The van der Waals surface area contributed by atoms with Crippen LogP contribution in [0.25, 0.3) is 0 Å². The fourth-order valence-corrected chi connectivity index (χ4v) is 3.94. The Bertz CT molecular complexity index is 918. The van der Waals surface area contributed by atoms with Crippen LogP contribution < -0.4 is 20.3 Å². The number of carbonyl (C=O) groups excluding carboxylic acids is 1. The Balaban J connectivity index is 1.49. The summed E-state index contributed by atoms with van der Waals surface area (Å²) in [6.07, 6.45) is -0.789. The summed E-state index contributed by atoms with van der Waals surface area (Å²) in [6, 6.07) is 12.8. The van der Waals surface area contributed by atoms with Gasteiger partial charge in [-0.15, -0.1) is 0 Å². The van der Waals surface area contributed by atoms with Gasteiger partial charge in [0.1, 0.15) is 5.75 Å². The van der Waals surface area contributed by atoms with E-state index in [0.717, 1.165) is 38.4 Å². The van der Waals surface area contributed by atoms with Crippen molar-refractivity contribution in [3.63, 3.8) is 0 Å². The molecule has 6 nitrogen and oxygen atoms in total. The van der Waals surface area contributed by atoms with E-state index in [9.17, 15) is 4.79 Å². The first-order chi connectivity index (χ1) is 14.9. The van der Waals surface area contributed by atoms with Gasteiger partial charge in [0.15, 0.2) is 11.2 Å². The molecule has 2 aromatic rings. The lowest BCUT2D eigenvalue weighted by Crippen LogP contribution is -2.46. The third-order valence-electron chi connectivity index (χ3n) is 5.11. The van der Waals surface area contributed by atoms with Crippen LogP contribution in [0.5, 0.6) is 5.75 Å². The highest BCUT2D eigenvalue weighted by Crippen LogP contribution is 2.28. The molecule has 31 heavy (non-hydrogen) atoms. The molecule has 1 aliphatic heterocycles. The highest BCUT2D eigenvalue weighted by molar-refractivity contribution is 7.80. The number of rotatable bonds is 6. The largest absolute Gasteiger partial charge is 0.479 e. The minimum atomic E-state index is -0.789. The normalized spacial score (nSPS) is 15.3. The summed E-state index contributed by atoms with van der Waals surface area (Å²) < 4.78 is 5.61. The van der Waals surface area contributed by atoms with Gasteiger partial charge in [0, 0.05) is 42.6 Å². The Labute approximate surface area is 198 Å². The molecule has 1 heterocycles. The average Bonchev–Trinajstić information content (AvgIpc) is 2.76. The second-order valence-electron chi connectivity index (χ2n) is 7.25. The number of nitrogens with zero attached hydrogens (tertiary/aromatic N) is 2. The van der Waals surface area contributed by atoms with Crippen LogP contribution in [-0.2, 0) is 4.79 Å². The smallest absolute Gasteiger partial charge is 0.266 e. The number of hydrogen-bond acceptors (Lipinski definition) is 5. The Morgan fingerprint density at radius 1 is 1.13 bits per heavy atom. The molecule has 2 N–H and O–H groups in total. The number of likely N-dealkylation sites (N-methyl/N-ethyl adjacent to an activating group) is 1. The van der Waals surface area contributed by atoms with Crippen LogP contribution in [0.2, 0.25) is 10.0 Å². The van der Waals surface area contributed by atoms with Gasteiger partial charge in [0.25, 0.3) is 5.91 Å². The molecule has 0 radical (unpaired) electrons. The lowest BCUT2D eigenvalue weighted by molar-refractivity contribution is -0.125. The summed E-state index contributed by atoms with van der Waals surface area (Å²) in [5, 5.41) is 6.70. The molecule has 0 aliphatic carbocycles. The molecule has 2 aromatic carbocycles. The minimum absolute atomic E-state index is 0.201. The van der Waals surface area contributed by atoms with Gasteiger partial charge in [-0.1, -0.05) is 30.1 Å². The average molecular weight is 481 g/mol. The summed E-state index contributed by atoms with van der Waals surface area (Å²) in [6.45, 7) is 9.10. The van der Waals surface area contributed by atoms with Crippen LogP contribution in [-0.4, -0.2) is 54.7 Å². The van der Waals surface area contributed by atoms with Crippen LogP contribution in [0, 0.1) is 0 Å². The number of amides is 1. The third kappa shape index (κ3) is 6.71. The van der Waals surface area contributed by atoms with Crippen molar-refractivity contribution in [3.8, 4) is 5.75 Å². The van der Waals surface area contributed by atoms with E-state index in [1.54, 1.807) is 25.1 Å². The van der Waals surface area contributed by atoms with Gasteiger partial charge in [-0.05, 0) is 68.2 Å². The fraction of sp³-hybridized carbons (Fsp3) is 0.364. The number of halogens is 2. The zero-order chi connectivity index (χ0) is 22.4. The summed E-state index contributed by atoms with van der Waals surface area (Å²) >= 11 is 17.2. The number of thiocarbonyl (C=S) groups is 1. The van der Waals surface area contributed by atoms with Crippen LogP contribution in [0.1, 0.15) is 13.8 Å². The molecule has 9 heteroatoms. The summed E-state index contributed by atoms with van der Waals surface area (Å²) in [4.78, 5) is 17.2. The summed E-state index contributed by atoms with van der Waals surface area (Å²) in [5.41, 5.74) is 1.98. The van der Waals surface area contributed by atoms with Gasteiger partial charge in [-0.25, -0.2) is 0 Å². The first-order valence-electron chi connectivity index (χ1n) is 10.2. The summed E-state index contributed by atoms with van der Waals surface area (Å²) in [5.74, 6) is -0.00288. The topological polar surface area (TPSA) is 56.8 Å². The molecule has 166 valence electrons. The number of hydrogen-bond donors (Lipinski definition) is 2. The van der Waals surface area contributed by atoms with Crippen molar-refractivity contribution in [2.45, 2.75) is 20.0 Å². The van der Waals surface area contributed by atoms with Crippen LogP contribution >= 0.6 is 35.4 Å². The lowest BCUT2D eigenvalue weighted by Gasteiger charge is -2.35. The predicted molar refractivity (Wildman–Crippen MR) is 132 cm³/mol. The van der Waals surface area contributed by atoms with E-state index in [2.05, 4.69) is 39.5 Å². The van der Waals surface area contributed by atoms with E-state index >= 15 is 0 Å². The molecule has 0 aromatic heterocycles. The first kappa shape index (κ1) is 23.6. The Morgan fingerprint density at radius 2 is 1.81 bits per heavy atom. The third-order valence-corrected chi connectivity index (χ3v) is 5.85. The van der Waals surface area contributed by atoms with Crippen molar-refractivity contribution in [3.05, 3.63) is 52.5 Å². The van der Waals surface area contributed by atoms with Gasteiger partial charge in [0.2, 0.25) is 0 Å². The first-order valence-corrected chi connectivity index (χ1v) is 11.3. The maximum atomic E-state index is 12.4. The van der Waals surface area contributed by atoms with Crippen molar-refractivity contribution in [2.24, 2.45) is 0 Å². The van der Waals surface area contributed by atoms with Crippen molar-refractivity contribution in [1.29, 1.82) is 0 Å².